The van der Waals surface area contributed by atoms with Crippen molar-refractivity contribution in [2.24, 2.45) is 0 Å². The Morgan fingerprint density at radius 3 is 2.71 bits per heavy atom. The van der Waals surface area contributed by atoms with Crippen LogP contribution < -0.4 is 14.8 Å². The number of halogens is 2. The first-order valence-corrected chi connectivity index (χ1v) is 9.48. The fraction of sp³-hybridized carbons (Fsp3) is 0.381. The summed E-state index contributed by atoms with van der Waals surface area (Å²) in [5.41, 5.74) is 1.06. The van der Waals surface area contributed by atoms with Crippen LogP contribution in [0.4, 0.5) is 14.5 Å². The molecule has 5 nitrogen and oxygen atoms in total. The predicted molar refractivity (Wildman–Crippen MR) is 101 cm³/mol. The van der Waals surface area contributed by atoms with E-state index in [2.05, 4.69) is 10.2 Å². The summed E-state index contributed by atoms with van der Waals surface area (Å²) in [7, 11) is 0. The second-order valence-corrected chi connectivity index (χ2v) is 7.06. The number of fused-ring (bicyclic) bond motifs is 1. The molecule has 0 radical (unpaired) electrons. The minimum absolute atomic E-state index is 0.0160. The number of ether oxygens (including phenoxy) is 2. The SMILES string of the molecule is O=C(CN1CCCC1c1ccc2c(c1)OCCCO2)Nc1ccc(F)cc1F. The van der Waals surface area contributed by atoms with E-state index in [0.29, 0.717) is 13.2 Å². The van der Waals surface area contributed by atoms with Crippen LogP contribution in [0.5, 0.6) is 11.5 Å². The number of amides is 1. The maximum atomic E-state index is 13.8. The Labute approximate surface area is 162 Å². The number of nitrogens with one attached hydrogen (secondary N) is 1. The minimum atomic E-state index is -0.783. The maximum Gasteiger partial charge on any atom is 0.238 e. The summed E-state index contributed by atoms with van der Waals surface area (Å²) in [5, 5.41) is 2.53. The Balaban J connectivity index is 1.45. The van der Waals surface area contributed by atoms with E-state index in [4.69, 9.17) is 9.47 Å². The highest BCUT2D eigenvalue weighted by Crippen LogP contribution is 2.37. The predicted octanol–water partition coefficient (Wildman–Crippen LogP) is 3.90. The van der Waals surface area contributed by atoms with Crippen molar-refractivity contribution in [3.63, 3.8) is 0 Å². The van der Waals surface area contributed by atoms with Gasteiger partial charge in [-0.2, -0.15) is 0 Å². The first-order valence-electron chi connectivity index (χ1n) is 9.48. The topological polar surface area (TPSA) is 50.8 Å². The molecular weight excluding hydrogens is 366 g/mol. The van der Waals surface area contributed by atoms with E-state index in [1.807, 2.05) is 18.2 Å². The lowest BCUT2D eigenvalue weighted by atomic mass is 10.0. The summed E-state index contributed by atoms with van der Waals surface area (Å²) in [6.07, 6.45) is 2.74. The molecule has 148 valence electrons. The lowest BCUT2D eigenvalue weighted by Gasteiger charge is -2.25. The van der Waals surface area contributed by atoms with Crippen molar-refractivity contribution in [3.05, 3.63) is 53.6 Å². The van der Waals surface area contributed by atoms with Crippen molar-refractivity contribution in [1.29, 1.82) is 0 Å². The summed E-state index contributed by atoms with van der Waals surface area (Å²) in [6.45, 7) is 2.17. The number of benzene rings is 2. The fourth-order valence-corrected chi connectivity index (χ4v) is 3.75. The summed E-state index contributed by atoms with van der Waals surface area (Å²) < 4.78 is 38.2. The number of likely N-dealkylation sites (tertiary alicyclic amines) is 1. The Bertz CT molecular complexity index is 875. The molecule has 2 heterocycles. The Morgan fingerprint density at radius 2 is 1.89 bits per heavy atom. The van der Waals surface area contributed by atoms with Gasteiger partial charge in [0, 0.05) is 18.5 Å². The van der Waals surface area contributed by atoms with Crippen molar-refractivity contribution >= 4 is 11.6 Å². The van der Waals surface area contributed by atoms with E-state index in [1.54, 1.807) is 0 Å². The normalized spacial score (nSPS) is 19.3. The van der Waals surface area contributed by atoms with Gasteiger partial charge in [0.05, 0.1) is 25.4 Å². The van der Waals surface area contributed by atoms with Gasteiger partial charge in [-0.1, -0.05) is 6.07 Å². The largest absolute Gasteiger partial charge is 0.490 e. The Kier molecular flexibility index (Phi) is 5.43. The van der Waals surface area contributed by atoms with Crippen LogP contribution in [-0.2, 0) is 4.79 Å². The highest BCUT2D eigenvalue weighted by atomic mass is 19.1. The van der Waals surface area contributed by atoms with Crippen LogP contribution in [0.25, 0.3) is 0 Å². The first kappa shape index (κ1) is 18.7. The fourth-order valence-electron chi connectivity index (χ4n) is 3.75. The van der Waals surface area contributed by atoms with Gasteiger partial charge in [-0.15, -0.1) is 0 Å². The van der Waals surface area contributed by atoms with Gasteiger partial charge in [0.2, 0.25) is 5.91 Å². The molecule has 1 fully saturated rings. The smallest absolute Gasteiger partial charge is 0.238 e. The molecule has 28 heavy (non-hydrogen) atoms. The van der Waals surface area contributed by atoms with Crippen molar-refractivity contribution in [2.45, 2.75) is 25.3 Å². The molecule has 2 aliphatic heterocycles. The number of rotatable bonds is 4. The van der Waals surface area contributed by atoms with Gasteiger partial charge in [-0.05, 0) is 49.2 Å². The molecular formula is C21H22F2N2O3. The zero-order valence-corrected chi connectivity index (χ0v) is 15.4. The molecule has 7 heteroatoms. The quantitative estimate of drug-likeness (QED) is 0.863. The van der Waals surface area contributed by atoms with Crippen LogP contribution in [0.2, 0.25) is 0 Å². The molecule has 1 atom stereocenters. The van der Waals surface area contributed by atoms with Crippen LogP contribution in [0, 0.1) is 11.6 Å². The van der Waals surface area contributed by atoms with Gasteiger partial charge in [-0.3, -0.25) is 9.69 Å². The number of hydrogen-bond acceptors (Lipinski definition) is 4. The Morgan fingerprint density at radius 1 is 1.07 bits per heavy atom. The average molecular weight is 388 g/mol. The van der Waals surface area contributed by atoms with Gasteiger partial charge in [0.25, 0.3) is 0 Å². The van der Waals surface area contributed by atoms with Gasteiger partial charge in [0.15, 0.2) is 11.5 Å². The zero-order chi connectivity index (χ0) is 19.5. The number of carbonyl (C=O) groups is 1. The van der Waals surface area contributed by atoms with E-state index >= 15 is 0 Å². The standard InChI is InChI=1S/C21H22F2N2O3/c22-15-5-6-17(16(23)12-15)24-21(26)13-25-8-1-3-18(25)14-4-7-19-20(11-14)28-10-2-9-27-19/h4-7,11-12,18H,1-3,8-10,13H2,(H,24,26). The van der Waals surface area contributed by atoms with E-state index in [0.717, 1.165) is 55.0 Å². The van der Waals surface area contributed by atoms with Crippen LogP contribution in [0.15, 0.2) is 36.4 Å². The zero-order valence-electron chi connectivity index (χ0n) is 15.4. The lowest BCUT2D eigenvalue weighted by molar-refractivity contribution is -0.117. The van der Waals surface area contributed by atoms with Crippen molar-refractivity contribution in [1.82, 2.24) is 4.90 Å². The number of anilines is 1. The molecule has 0 aromatic heterocycles. The molecule has 1 saturated heterocycles. The lowest BCUT2D eigenvalue weighted by Crippen LogP contribution is -2.33. The summed E-state index contributed by atoms with van der Waals surface area (Å²) in [6, 6.07) is 9.10. The molecule has 0 saturated carbocycles. The Hall–Kier alpha value is -2.67. The maximum absolute atomic E-state index is 13.8. The first-order chi connectivity index (χ1) is 13.6. The second-order valence-electron chi connectivity index (χ2n) is 7.06. The third-order valence-corrected chi connectivity index (χ3v) is 5.07. The average Bonchev–Trinajstić information content (AvgIpc) is 2.99. The molecule has 1 unspecified atom stereocenters. The van der Waals surface area contributed by atoms with Gasteiger partial charge < -0.3 is 14.8 Å². The molecule has 2 aromatic carbocycles. The highest BCUT2D eigenvalue weighted by molar-refractivity contribution is 5.92. The third kappa shape index (κ3) is 4.09. The summed E-state index contributed by atoms with van der Waals surface area (Å²) >= 11 is 0. The number of nitrogens with zero attached hydrogens (tertiary/aromatic N) is 1. The number of carbonyl (C=O) groups excluding carboxylic acids is 1. The molecule has 1 amide bonds. The van der Waals surface area contributed by atoms with Crippen molar-refractivity contribution in [2.75, 3.05) is 31.6 Å². The van der Waals surface area contributed by atoms with E-state index in [1.165, 1.54) is 6.07 Å². The van der Waals surface area contributed by atoms with Crippen LogP contribution >= 0.6 is 0 Å². The van der Waals surface area contributed by atoms with Crippen LogP contribution in [-0.4, -0.2) is 37.1 Å². The van der Waals surface area contributed by atoms with Crippen molar-refractivity contribution < 1.29 is 23.0 Å². The van der Waals surface area contributed by atoms with Gasteiger partial charge in [-0.25, -0.2) is 8.78 Å². The monoisotopic (exact) mass is 388 g/mol. The molecule has 2 aromatic rings. The van der Waals surface area contributed by atoms with Crippen LogP contribution in [0.1, 0.15) is 30.9 Å². The van der Waals surface area contributed by atoms with E-state index < -0.39 is 11.6 Å². The molecule has 0 aliphatic carbocycles. The number of hydrogen-bond donors (Lipinski definition) is 1. The molecule has 0 bridgehead atoms. The summed E-state index contributed by atoms with van der Waals surface area (Å²) in [4.78, 5) is 14.5. The molecule has 4 rings (SSSR count). The molecule has 1 N–H and O–H groups in total. The van der Waals surface area contributed by atoms with E-state index in [9.17, 15) is 13.6 Å². The highest BCUT2D eigenvalue weighted by Gasteiger charge is 2.28. The van der Waals surface area contributed by atoms with Crippen molar-refractivity contribution in [3.8, 4) is 11.5 Å². The molecule has 2 aliphatic rings. The second kappa shape index (κ2) is 8.14. The summed E-state index contributed by atoms with van der Waals surface area (Å²) in [5.74, 6) is -0.305. The minimum Gasteiger partial charge on any atom is -0.490 e. The van der Waals surface area contributed by atoms with E-state index in [-0.39, 0.29) is 24.2 Å². The third-order valence-electron chi connectivity index (χ3n) is 5.07. The van der Waals surface area contributed by atoms with Gasteiger partial charge >= 0.3 is 0 Å². The van der Waals surface area contributed by atoms with Gasteiger partial charge in [0.1, 0.15) is 11.6 Å². The molecule has 0 spiro atoms. The van der Waals surface area contributed by atoms with Crippen LogP contribution in [0.3, 0.4) is 0 Å².